The van der Waals surface area contributed by atoms with Crippen LogP contribution < -0.4 is 10.7 Å². The van der Waals surface area contributed by atoms with Crippen LogP contribution in [0.1, 0.15) is 13.3 Å². The second kappa shape index (κ2) is 3.98. The van der Waals surface area contributed by atoms with E-state index in [-0.39, 0.29) is 12.1 Å². The van der Waals surface area contributed by atoms with Gasteiger partial charge in [0, 0.05) is 12.7 Å². The molecule has 0 aromatic carbocycles. The molecule has 1 atom stereocenters. The van der Waals surface area contributed by atoms with Gasteiger partial charge in [0.2, 0.25) is 0 Å². The molecule has 2 aliphatic heterocycles. The van der Waals surface area contributed by atoms with E-state index in [4.69, 9.17) is 4.74 Å². The molecule has 14 heavy (non-hydrogen) atoms. The van der Waals surface area contributed by atoms with Gasteiger partial charge in [0.25, 0.3) is 0 Å². The SMILES string of the molecule is CCOC(=O)C1=CNN2CCCNC12. The molecular weight excluding hydrogens is 182 g/mol. The van der Waals surface area contributed by atoms with Gasteiger partial charge in [-0.25, -0.2) is 9.80 Å². The Balaban J connectivity index is 2.02. The highest BCUT2D eigenvalue weighted by molar-refractivity contribution is 5.90. The fourth-order valence-electron chi connectivity index (χ4n) is 1.76. The quantitative estimate of drug-likeness (QED) is 0.588. The maximum absolute atomic E-state index is 11.5. The number of carbonyl (C=O) groups excluding carboxylic acids is 1. The molecular formula is C9H15N3O2. The van der Waals surface area contributed by atoms with Crippen molar-refractivity contribution in [3.8, 4) is 0 Å². The van der Waals surface area contributed by atoms with E-state index in [9.17, 15) is 4.79 Å². The molecule has 1 fully saturated rings. The van der Waals surface area contributed by atoms with Crippen LogP contribution in [0.3, 0.4) is 0 Å². The monoisotopic (exact) mass is 197 g/mol. The lowest BCUT2D eigenvalue weighted by Gasteiger charge is -2.31. The Bertz CT molecular complexity index is 265. The van der Waals surface area contributed by atoms with Crippen molar-refractivity contribution in [2.75, 3.05) is 19.7 Å². The highest BCUT2D eigenvalue weighted by atomic mass is 16.5. The molecule has 0 radical (unpaired) electrons. The number of nitrogens with zero attached hydrogens (tertiary/aromatic N) is 1. The van der Waals surface area contributed by atoms with E-state index in [1.807, 2.05) is 11.9 Å². The first-order valence-corrected chi connectivity index (χ1v) is 4.96. The van der Waals surface area contributed by atoms with Gasteiger partial charge in [-0.15, -0.1) is 0 Å². The zero-order valence-corrected chi connectivity index (χ0v) is 8.25. The predicted molar refractivity (Wildman–Crippen MR) is 51.0 cm³/mol. The summed E-state index contributed by atoms with van der Waals surface area (Å²) in [6, 6.07) is 0. The topological polar surface area (TPSA) is 53.6 Å². The summed E-state index contributed by atoms with van der Waals surface area (Å²) in [5.74, 6) is -0.234. The molecule has 0 saturated carbocycles. The molecule has 2 rings (SSSR count). The molecule has 78 valence electrons. The molecule has 0 aromatic heterocycles. The zero-order valence-electron chi connectivity index (χ0n) is 8.25. The van der Waals surface area contributed by atoms with E-state index < -0.39 is 0 Å². The molecule has 5 heteroatoms. The van der Waals surface area contributed by atoms with Crippen LogP contribution in [0.25, 0.3) is 0 Å². The van der Waals surface area contributed by atoms with Crippen molar-refractivity contribution >= 4 is 5.97 Å². The number of nitrogens with one attached hydrogen (secondary N) is 2. The lowest BCUT2D eigenvalue weighted by atomic mass is 10.2. The van der Waals surface area contributed by atoms with Gasteiger partial charge < -0.3 is 10.2 Å². The van der Waals surface area contributed by atoms with Gasteiger partial charge in [0.05, 0.1) is 12.2 Å². The average molecular weight is 197 g/mol. The van der Waals surface area contributed by atoms with Crippen LogP contribution in [0.5, 0.6) is 0 Å². The number of esters is 1. The Labute approximate surface area is 83.1 Å². The number of hydrogen-bond donors (Lipinski definition) is 2. The first-order valence-electron chi connectivity index (χ1n) is 4.96. The van der Waals surface area contributed by atoms with E-state index in [0.717, 1.165) is 19.5 Å². The van der Waals surface area contributed by atoms with E-state index in [0.29, 0.717) is 12.2 Å². The van der Waals surface area contributed by atoms with Crippen LogP contribution in [0, 0.1) is 0 Å². The summed E-state index contributed by atoms with van der Waals surface area (Å²) >= 11 is 0. The maximum atomic E-state index is 11.5. The third-order valence-electron chi connectivity index (χ3n) is 2.42. The second-order valence-corrected chi connectivity index (χ2v) is 3.35. The Morgan fingerprint density at radius 3 is 3.43 bits per heavy atom. The summed E-state index contributed by atoms with van der Waals surface area (Å²) < 4.78 is 4.96. The van der Waals surface area contributed by atoms with Crippen molar-refractivity contribution in [2.45, 2.75) is 19.5 Å². The molecule has 0 aromatic rings. The number of carbonyl (C=O) groups is 1. The van der Waals surface area contributed by atoms with Gasteiger partial charge in [-0.2, -0.15) is 0 Å². The number of hydrogen-bond acceptors (Lipinski definition) is 5. The van der Waals surface area contributed by atoms with Gasteiger partial charge >= 0.3 is 5.97 Å². The zero-order chi connectivity index (χ0) is 9.97. The van der Waals surface area contributed by atoms with E-state index in [1.54, 1.807) is 6.20 Å². The van der Waals surface area contributed by atoms with E-state index in [1.165, 1.54) is 0 Å². The van der Waals surface area contributed by atoms with Gasteiger partial charge in [-0.1, -0.05) is 0 Å². The standard InChI is InChI=1S/C9H15N3O2/c1-2-14-9(13)7-6-11-12-5-3-4-10-8(7)12/h6,8,10-11H,2-5H2,1H3. The van der Waals surface area contributed by atoms with Crippen molar-refractivity contribution in [1.82, 2.24) is 15.8 Å². The fourth-order valence-corrected chi connectivity index (χ4v) is 1.76. The Morgan fingerprint density at radius 2 is 2.64 bits per heavy atom. The molecule has 1 unspecified atom stereocenters. The minimum absolute atomic E-state index is 0.0113. The number of fused-ring (bicyclic) bond motifs is 1. The van der Waals surface area contributed by atoms with Crippen molar-refractivity contribution in [1.29, 1.82) is 0 Å². The fraction of sp³-hybridized carbons (Fsp3) is 0.667. The Morgan fingerprint density at radius 1 is 1.79 bits per heavy atom. The summed E-state index contributed by atoms with van der Waals surface area (Å²) in [7, 11) is 0. The van der Waals surface area contributed by atoms with Crippen LogP contribution in [-0.4, -0.2) is 36.8 Å². The Kier molecular flexibility index (Phi) is 2.69. The minimum Gasteiger partial charge on any atom is -0.463 e. The molecule has 2 aliphatic rings. The minimum atomic E-state index is -0.234. The van der Waals surface area contributed by atoms with Crippen LogP contribution in [0.15, 0.2) is 11.8 Å². The molecule has 5 nitrogen and oxygen atoms in total. The first kappa shape index (κ1) is 9.48. The highest BCUT2D eigenvalue weighted by Gasteiger charge is 2.33. The van der Waals surface area contributed by atoms with Crippen LogP contribution in [0.4, 0.5) is 0 Å². The normalized spacial score (nSPS) is 26.4. The second-order valence-electron chi connectivity index (χ2n) is 3.35. The summed E-state index contributed by atoms with van der Waals surface area (Å²) in [6.45, 7) is 4.13. The van der Waals surface area contributed by atoms with Gasteiger partial charge in [0.15, 0.2) is 0 Å². The molecule has 0 amide bonds. The summed E-state index contributed by atoms with van der Waals surface area (Å²) in [4.78, 5) is 11.5. The lowest BCUT2D eigenvalue weighted by Crippen LogP contribution is -2.53. The summed E-state index contributed by atoms with van der Waals surface area (Å²) in [6.07, 6.45) is 2.80. The third kappa shape index (κ3) is 1.60. The van der Waals surface area contributed by atoms with E-state index in [2.05, 4.69) is 10.7 Å². The number of ether oxygens (including phenoxy) is 1. The smallest absolute Gasteiger partial charge is 0.338 e. The molecule has 1 saturated heterocycles. The number of rotatable bonds is 2. The number of hydrazine groups is 1. The van der Waals surface area contributed by atoms with Crippen LogP contribution in [0.2, 0.25) is 0 Å². The third-order valence-corrected chi connectivity index (χ3v) is 2.42. The van der Waals surface area contributed by atoms with Crippen molar-refractivity contribution in [2.24, 2.45) is 0 Å². The van der Waals surface area contributed by atoms with Crippen LogP contribution >= 0.6 is 0 Å². The molecule has 0 bridgehead atoms. The maximum Gasteiger partial charge on any atom is 0.338 e. The summed E-state index contributed by atoms with van der Waals surface area (Å²) in [5.41, 5.74) is 3.73. The molecule has 0 spiro atoms. The molecule has 2 heterocycles. The van der Waals surface area contributed by atoms with Crippen LogP contribution in [-0.2, 0) is 9.53 Å². The highest BCUT2D eigenvalue weighted by Crippen LogP contribution is 2.17. The van der Waals surface area contributed by atoms with Crippen molar-refractivity contribution in [3.63, 3.8) is 0 Å². The van der Waals surface area contributed by atoms with Gasteiger partial charge in [0.1, 0.15) is 6.17 Å². The molecule has 0 aliphatic carbocycles. The predicted octanol–water partition coefficient (Wildman–Crippen LogP) is -0.427. The molecule has 2 N–H and O–H groups in total. The van der Waals surface area contributed by atoms with Gasteiger partial charge in [-0.05, 0) is 19.9 Å². The lowest BCUT2D eigenvalue weighted by molar-refractivity contribution is -0.139. The largest absolute Gasteiger partial charge is 0.463 e. The van der Waals surface area contributed by atoms with E-state index >= 15 is 0 Å². The van der Waals surface area contributed by atoms with Crippen molar-refractivity contribution < 1.29 is 9.53 Å². The Hall–Kier alpha value is -1.07. The first-order chi connectivity index (χ1) is 6.83. The summed E-state index contributed by atoms with van der Waals surface area (Å²) in [5, 5.41) is 5.27. The van der Waals surface area contributed by atoms with Gasteiger partial charge in [-0.3, -0.25) is 5.32 Å². The average Bonchev–Trinajstić information content (AvgIpc) is 2.61. The van der Waals surface area contributed by atoms with Crippen molar-refractivity contribution in [3.05, 3.63) is 11.8 Å².